The number of carbonyl (C=O) groups excluding carboxylic acids is 2. The van der Waals surface area contributed by atoms with Gasteiger partial charge in [-0.2, -0.15) is 0 Å². The number of rotatable bonds is 15. The molecular formula is C47H51NO7. The predicted molar refractivity (Wildman–Crippen MR) is 213 cm³/mol. The molecule has 0 aromatic heterocycles. The summed E-state index contributed by atoms with van der Waals surface area (Å²) in [5.74, 6) is 1.13. The lowest BCUT2D eigenvalue weighted by atomic mass is 9.86. The number of esters is 1. The van der Waals surface area contributed by atoms with Gasteiger partial charge < -0.3 is 23.7 Å². The highest BCUT2D eigenvalue weighted by Crippen LogP contribution is 2.36. The van der Waals surface area contributed by atoms with E-state index in [1.807, 2.05) is 106 Å². The zero-order valence-corrected chi connectivity index (χ0v) is 32.2. The van der Waals surface area contributed by atoms with E-state index in [1.165, 1.54) is 12.0 Å². The fourth-order valence-corrected chi connectivity index (χ4v) is 6.77. The zero-order chi connectivity index (χ0) is 38.6. The molecule has 1 aliphatic heterocycles. The maximum Gasteiger partial charge on any atom is 0.411 e. The largest absolute Gasteiger partial charge is 0.489 e. The molecule has 0 bridgehead atoms. The molecule has 1 heterocycles. The second-order valence-electron chi connectivity index (χ2n) is 14.9. The number of methoxy groups -OCH3 is 1. The van der Waals surface area contributed by atoms with Crippen LogP contribution in [0.25, 0.3) is 0 Å². The second-order valence-corrected chi connectivity index (χ2v) is 14.9. The lowest BCUT2D eigenvalue weighted by molar-refractivity contribution is -0.147. The Balaban J connectivity index is 1.30. The topological polar surface area (TPSA) is 83.5 Å². The summed E-state index contributed by atoms with van der Waals surface area (Å²) in [6.45, 7) is 7.62. The average Bonchev–Trinajstić information content (AvgIpc) is 3.20. The molecule has 1 aliphatic rings. The maximum atomic E-state index is 13.5. The third kappa shape index (κ3) is 11.2. The van der Waals surface area contributed by atoms with Crippen LogP contribution in [-0.4, -0.2) is 42.3 Å². The van der Waals surface area contributed by atoms with Crippen LogP contribution in [0.3, 0.4) is 0 Å². The Kier molecular flexibility index (Phi) is 13.2. The molecule has 5 aromatic rings. The summed E-state index contributed by atoms with van der Waals surface area (Å²) in [6.07, 6.45) is 1.15. The van der Waals surface area contributed by atoms with Crippen molar-refractivity contribution in [3.63, 3.8) is 0 Å². The van der Waals surface area contributed by atoms with Gasteiger partial charge in [0, 0.05) is 13.0 Å². The third-order valence-corrected chi connectivity index (χ3v) is 9.64. The Morgan fingerprint density at radius 2 is 1.31 bits per heavy atom. The summed E-state index contributed by atoms with van der Waals surface area (Å²) in [6, 6.07) is 42.1. The van der Waals surface area contributed by atoms with E-state index in [4.69, 9.17) is 23.7 Å². The Hall–Kier alpha value is -5.60. The summed E-state index contributed by atoms with van der Waals surface area (Å²) < 4.78 is 29.8. The van der Waals surface area contributed by atoms with Crippen molar-refractivity contribution in [2.45, 2.75) is 84.0 Å². The Bertz CT molecular complexity index is 1980. The Morgan fingerprint density at radius 3 is 1.89 bits per heavy atom. The van der Waals surface area contributed by atoms with Crippen molar-refractivity contribution in [1.82, 2.24) is 4.90 Å². The Morgan fingerprint density at radius 1 is 0.727 bits per heavy atom. The van der Waals surface area contributed by atoms with Gasteiger partial charge in [0.25, 0.3) is 0 Å². The monoisotopic (exact) mass is 741 g/mol. The van der Waals surface area contributed by atoms with E-state index in [0.29, 0.717) is 32.8 Å². The molecule has 5 aromatic carbocycles. The average molecular weight is 742 g/mol. The van der Waals surface area contributed by atoms with Gasteiger partial charge in [-0.1, -0.05) is 109 Å². The predicted octanol–water partition coefficient (Wildman–Crippen LogP) is 9.61. The molecule has 0 spiro atoms. The van der Waals surface area contributed by atoms with Crippen LogP contribution < -0.4 is 9.47 Å². The SMILES string of the molecule is COC(=O)[C@@H]1Cc2cc(OCc3ccccc3)c(C[C@H](CCOCc3ccccc3)c3ccc(OCc4ccccc4)cc3)cc2CN1C(=O)OC(C)(C)C. The van der Waals surface area contributed by atoms with Crippen LogP contribution in [0.1, 0.15) is 72.1 Å². The fourth-order valence-electron chi connectivity index (χ4n) is 6.77. The highest BCUT2D eigenvalue weighted by Gasteiger charge is 2.38. The van der Waals surface area contributed by atoms with Crippen molar-refractivity contribution in [3.8, 4) is 11.5 Å². The van der Waals surface area contributed by atoms with Gasteiger partial charge in [-0.05, 0) is 96.7 Å². The van der Waals surface area contributed by atoms with Crippen LogP contribution >= 0.6 is 0 Å². The van der Waals surface area contributed by atoms with Crippen molar-refractivity contribution < 1.29 is 33.3 Å². The number of benzene rings is 5. The first-order valence-corrected chi connectivity index (χ1v) is 18.9. The van der Waals surface area contributed by atoms with Gasteiger partial charge in [-0.15, -0.1) is 0 Å². The molecule has 0 aliphatic carbocycles. The fraction of sp³-hybridized carbons (Fsp3) is 0.319. The standard InChI is InChI=1S/C47H51NO7/c1-47(2,3)55-46(50)48-30-41-27-40(44(54-33-36-18-12-7-13-19-36)29-39(41)28-43(48)45(49)51-4)26-38(24-25-52-31-34-14-8-5-9-15-34)37-20-22-42(23-21-37)53-32-35-16-10-6-11-17-35/h5-23,27,29,38,43H,24-26,28,30-33H2,1-4H3/t38-,43-/m0/s1. The van der Waals surface area contributed by atoms with Crippen LogP contribution in [0.15, 0.2) is 127 Å². The van der Waals surface area contributed by atoms with Gasteiger partial charge in [-0.25, -0.2) is 9.59 Å². The molecule has 2 atom stereocenters. The molecule has 0 N–H and O–H groups in total. The first kappa shape index (κ1) is 39.1. The van der Waals surface area contributed by atoms with Gasteiger partial charge in [0.1, 0.15) is 36.4 Å². The minimum Gasteiger partial charge on any atom is -0.489 e. The molecule has 0 radical (unpaired) electrons. The smallest absolute Gasteiger partial charge is 0.411 e. The van der Waals surface area contributed by atoms with Crippen LogP contribution in [0.2, 0.25) is 0 Å². The minimum atomic E-state index is -0.822. The maximum absolute atomic E-state index is 13.5. The van der Waals surface area contributed by atoms with E-state index < -0.39 is 23.7 Å². The number of fused-ring (bicyclic) bond motifs is 1. The summed E-state index contributed by atoms with van der Waals surface area (Å²) in [4.78, 5) is 28.0. The number of carbonyl (C=O) groups is 2. The second kappa shape index (κ2) is 18.6. The van der Waals surface area contributed by atoms with Crippen molar-refractivity contribution in [2.24, 2.45) is 0 Å². The molecule has 55 heavy (non-hydrogen) atoms. The number of hydrogen-bond donors (Lipinski definition) is 0. The van der Waals surface area contributed by atoms with E-state index in [0.717, 1.165) is 56.9 Å². The van der Waals surface area contributed by atoms with Gasteiger partial charge in [0.15, 0.2) is 0 Å². The summed E-state index contributed by atoms with van der Waals surface area (Å²) in [5, 5.41) is 0. The lowest BCUT2D eigenvalue weighted by Crippen LogP contribution is -2.50. The molecule has 8 heteroatoms. The zero-order valence-electron chi connectivity index (χ0n) is 32.2. The molecule has 0 saturated heterocycles. The van der Waals surface area contributed by atoms with Gasteiger partial charge in [0.2, 0.25) is 0 Å². The van der Waals surface area contributed by atoms with Crippen molar-refractivity contribution >= 4 is 12.1 Å². The normalized spacial score (nSPS) is 14.4. The molecule has 1 amide bonds. The number of nitrogens with zero attached hydrogens (tertiary/aromatic N) is 1. The Labute approximate surface area is 325 Å². The summed E-state index contributed by atoms with van der Waals surface area (Å²) in [7, 11) is 1.34. The van der Waals surface area contributed by atoms with E-state index in [9.17, 15) is 9.59 Å². The molecule has 0 fully saturated rings. The number of amides is 1. The first-order chi connectivity index (χ1) is 26.6. The van der Waals surface area contributed by atoms with Gasteiger partial charge >= 0.3 is 12.1 Å². The van der Waals surface area contributed by atoms with E-state index >= 15 is 0 Å². The van der Waals surface area contributed by atoms with Crippen molar-refractivity contribution in [3.05, 3.63) is 166 Å². The van der Waals surface area contributed by atoms with Crippen LogP contribution in [0.4, 0.5) is 4.79 Å². The highest BCUT2D eigenvalue weighted by atomic mass is 16.6. The van der Waals surface area contributed by atoms with E-state index in [-0.39, 0.29) is 18.9 Å². The first-order valence-electron chi connectivity index (χ1n) is 18.9. The summed E-state index contributed by atoms with van der Waals surface area (Å²) >= 11 is 0. The van der Waals surface area contributed by atoms with E-state index in [1.54, 1.807) is 0 Å². The molecular weight excluding hydrogens is 691 g/mol. The molecule has 8 nitrogen and oxygen atoms in total. The van der Waals surface area contributed by atoms with Crippen molar-refractivity contribution in [1.29, 1.82) is 0 Å². The van der Waals surface area contributed by atoms with Crippen LogP contribution in [0, 0.1) is 0 Å². The number of hydrogen-bond acceptors (Lipinski definition) is 7. The molecule has 0 saturated carbocycles. The number of ether oxygens (including phenoxy) is 5. The van der Waals surface area contributed by atoms with Crippen LogP contribution in [0.5, 0.6) is 11.5 Å². The quantitative estimate of drug-likeness (QED) is 0.0781. The van der Waals surface area contributed by atoms with Gasteiger partial charge in [-0.3, -0.25) is 4.90 Å². The third-order valence-electron chi connectivity index (χ3n) is 9.64. The summed E-state index contributed by atoms with van der Waals surface area (Å²) in [5.41, 5.74) is 6.60. The minimum absolute atomic E-state index is 0.0736. The van der Waals surface area contributed by atoms with E-state index in [2.05, 4.69) is 42.5 Å². The molecule has 286 valence electrons. The van der Waals surface area contributed by atoms with Gasteiger partial charge in [0.05, 0.1) is 20.3 Å². The highest BCUT2D eigenvalue weighted by molar-refractivity contribution is 5.82. The molecule has 6 rings (SSSR count). The van der Waals surface area contributed by atoms with Crippen molar-refractivity contribution in [2.75, 3.05) is 13.7 Å². The lowest BCUT2D eigenvalue weighted by Gasteiger charge is -2.36. The van der Waals surface area contributed by atoms with Crippen LogP contribution in [-0.2, 0) is 58.2 Å². The molecule has 0 unspecified atom stereocenters.